The third-order valence-corrected chi connectivity index (χ3v) is 9.40. The van der Waals surface area contributed by atoms with E-state index in [2.05, 4.69) is 47.2 Å². The highest BCUT2D eigenvalue weighted by atomic mass is 35.5. The van der Waals surface area contributed by atoms with Gasteiger partial charge in [-0.25, -0.2) is 9.97 Å². The monoisotopic (exact) mass is 673 g/mol. The molecule has 5 aromatic rings. The standard InChI is InChI=1S/C35H37Cl2N7O3/c1-7-31(45)41-26-15-23(43-12-10-22(11-13-43)42(3)4)8-9-25(26)40-30-16-27-21(18-38-30)14-24(35-39-20(2)19-44(27)35)32-33(36)28(46-5)17-29(47-6)34(32)37/h7-9,14-19,22H,1,10-13H2,2-6H3,(H,38,40)(H,41,45). The second kappa shape index (κ2) is 13.3. The van der Waals surface area contributed by atoms with E-state index < -0.39 is 0 Å². The molecule has 244 valence electrons. The number of imidazole rings is 1. The van der Waals surface area contributed by atoms with Gasteiger partial charge in [-0.3, -0.25) is 9.20 Å². The summed E-state index contributed by atoms with van der Waals surface area (Å²) in [5.74, 6) is 1.17. The number of hydrogen-bond acceptors (Lipinski definition) is 8. The number of rotatable bonds is 9. The van der Waals surface area contributed by atoms with Crippen LogP contribution in [0.5, 0.6) is 11.5 Å². The maximum absolute atomic E-state index is 12.5. The molecule has 2 N–H and O–H groups in total. The molecule has 1 amide bonds. The van der Waals surface area contributed by atoms with Crippen molar-refractivity contribution < 1.29 is 14.3 Å². The van der Waals surface area contributed by atoms with E-state index in [0.29, 0.717) is 61.6 Å². The van der Waals surface area contributed by atoms with E-state index in [9.17, 15) is 4.79 Å². The van der Waals surface area contributed by atoms with Crippen molar-refractivity contribution >= 4 is 68.5 Å². The van der Waals surface area contributed by atoms with E-state index in [1.807, 2.05) is 41.8 Å². The molecule has 10 nitrogen and oxygen atoms in total. The molecule has 4 heterocycles. The molecule has 1 aliphatic heterocycles. The molecule has 0 aliphatic carbocycles. The lowest BCUT2D eigenvalue weighted by Gasteiger charge is -2.36. The molecule has 0 atom stereocenters. The molecule has 2 aromatic carbocycles. The topological polar surface area (TPSA) is 96.3 Å². The van der Waals surface area contributed by atoms with Crippen molar-refractivity contribution in [1.82, 2.24) is 19.3 Å². The summed E-state index contributed by atoms with van der Waals surface area (Å²) >= 11 is 13.6. The van der Waals surface area contributed by atoms with Crippen LogP contribution in [-0.4, -0.2) is 72.6 Å². The van der Waals surface area contributed by atoms with Gasteiger partial charge in [-0.05, 0) is 64.2 Å². The van der Waals surface area contributed by atoms with Crippen LogP contribution in [0, 0.1) is 6.92 Å². The highest BCUT2D eigenvalue weighted by Crippen LogP contribution is 2.47. The van der Waals surface area contributed by atoms with Crippen LogP contribution in [0.1, 0.15) is 18.5 Å². The Morgan fingerprint density at radius 2 is 1.74 bits per heavy atom. The molecular weight excluding hydrogens is 637 g/mol. The molecule has 1 saturated heterocycles. The van der Waals surface area contributed by atoms with E-state index >= 15 is 0 Å². The molecule has 12 heteroatoms. The molecule has 6 rings (SSSR count). The highest BCUT2D eigenvalue weighted by molar-refractivity contribution is 6.41. The van der Waals surface area contributed by atoms with Gasteiger partial charge in [0.2, 0.25) is 5.91 Å². The summed E-state index contributed by atoms with van der Waals surface area (Å²) in [6.45, 7) is 7.45. The SMILES string of the molecule is C=CC(=O)Nc1cc(N2CCC(N(C)C)CC2)ccc1Nc1cc2c(cn1)cc(-c1c(Cl)c(OC)cc(OC)c1Cl)c1nc(C)cn12. The van der Waals surface area contributed by atoms with Crippen LogP contribution in [-0.2, 0) is 4.79 Å². The van der Waals surface area contributed by atoms with Gasteiger partial charge in [0.1, 0.15) is 23.0 Å². The Hall–Kier alpha value is -4.51. The number of halogens is 2. The van der Waals surface area contributed by atoms with Crippen molar-refractivity contribution in [3.05, 3.63) is 77.2 Å². The number of carbonyl (C=O) groups excluding carboxylic acids is 1. The summed E-state index contributed by atoms with van der Waals surface area (Å²) in [4.78, 5) is 26.7. The smallest absolute Gasteiger partial charge is 0.247 e. The van der Waals surface area contributed by atoms with Crippen molar-refractivity contribution in [3.8, 4) is 22.6 Å². The molecule has 47 heavy (non-hydrogen) atoms. The number of methoxy groups -OCH3 is 2. The second-order valence-corrected chi connectivity index (χ2v) is 12.5. The Bertz CT molecular complexity index is 1970. The zero-order valence-electron chi connectivity index (χ0n) is 27.0. The van der Waals surface area contributed by atoms with E-state index in [1.165, 1.54) is 6.08 Å². The minimum absolute atomic E-state index is 0.294. The van der Waals surface area contributed by atoms with E-state index in [4.69, 9.17) is 42.6 Å². The van der Waals surface area contributed by atoms with Crippen molar-refractivity contribution in [1.29, 1.82) is 0 Å². The van der Waals surface area contributed by atoms with Gasteiger partial charge < -0.3 is 29.9 Å². The van der Waals surface area contributed by atoms with Crippen molar-refractivity contribution in [2.24, 2.45) is 0 Å². The average molecular weight is 675 g/mol. The van der Waals surface area contributed by atoms with E-state index in [1.54, 1.807) is 26.5 Å². The van der Waals surface area contributed by atoms with Gasteiger partial charge in [0.05, 0.1) is 46.9 Å². The molecule has 0 bridgehead atoms. The zero-order chi connectivity index (χ0) is 33.4. The number of ether oxygens (including phenoxy) is 2. The zero-order valence-corrected chi connectivity index (χ0v) is 28.5. The van der Waals surface area contributed by atoms with Gasteiger partial charge in [-0.2, -0.15) is 0 Å². The Morgan fingerprint density at radius 1 is 1.04 bits per heavy atom. The predicted molar refractivity (Wildman–Crippen MR) is 191 cm³/mol. The number of carbonyl (C=O) groups is 1. The second-order valence-electron chi connectivity index (χ2n) is 11.8. The lowest BCUT2D eigenvalue weighted by Crippen LogP contribution is -2.42. The quantitative estimate of drug-likeness (QED) is 0.155. The number of fused-ring (bicyclic) bond motifs is 3. The summed E-state index contributed by atoms with van der Waals surface area (Å²) in [6, 6.07) is 12.2. The summed E-state index contributed by atoms with van der Waals surface area (Å²) in [5, 5.41) is 7.93. The van der Waals surface area contributed by atoms with E-state index in [-0.39, 0.29) is 5.91 Å². The first-order valence-corrected chi connectivity index (χ1v) is 16.0. The molecular formula is C35H37Cl2N7O3. The number of pyridine rings is 2. The maximum Gasteiger partial charge on any atom is 0.247 e. The first-order valence-electron chi connectivity index (χ1n) is 15.3. The lowest BCUT2D eigenvalue weighted by molar-refractivity contribution is -0.111. The van der Waals surface area contributed by atoms with Gasteiger partial charge in [-0.15, -0.1) is 0 Å². The molecule has 1 fully saturated rings. The maximum atomic E-state index is 12.5. The van der Waals surface area contributed by atoms with Gasteiger partial charge in [0, 0.05) is 65.9 Å². The van der Waals surface area contributed by atoms with Crippen LogP contribution in [0.2, 0.25) is 10.0 Å². The fourth-order valence-electron chi connectivity index (χ4n) is 6.14. The largest absolute Gasteiger partial charge is 0.495 e. The number of benzene rings is 2. The van der Waals surface area contributed by atoms with Crippen LogP contribution >= 0.6 is 23.2 Å². The van der Waals surface area contributed by atoms with Crippen molar-refractivity contribution in [2.45, 2.75) is 25.8 Å². The lowest BCUT2D eigenvalue weighted by atomic mass is 10.0. The summed E-state index contributed by atoms with van der Waals surface area (Å²) in [5.41, 5.74) is 5.99. The minimum atomic E-state index is -0.294. The number of nitrogens with one attached hydrogen (secondary N) is 2. The Labute approximate surface area is 283 Å². The summed E-state index contributed by atoms with van der Waals surface area (Å²) < 4.78 is 13.0. The Balaban J connectivity index is 1.40. The van der Waals surface area contributed by atoms with E-state index in [0.717, 1.165) is 48.2 Å². The van der Waals surface area contributed by atoms with Gasteiger partial charge in [0.25, 0.3) is 0 Å². The fraction of sp³-hybridized carbons (Fsp3) is 0.286. The summed E-state index contributed by atoms with van der Waals surface area (Å²) in [6.07, 6.45) is 7.15. The average Bonchev–Trinajstić information content (AvgIpc) is 3.47. The molecule has 1 aliphatic rings. The first kappa shape index (κ1) is 32.4. The number of anilines is 4. The van der Waals surface area contributed by atoms with Crippen LogP contribution < -0.4 is 25.0 Å². The molecule has 0 radical (unpaired) electrons. The van der Waals surface area contributed by atoms with Gasteiger partial charge in [-0.1, -0.05) is 29.8 Å². The number of hydrogen-bond donors (Lipinski definition) is 2. The number of amides is 1. The molecule has 0 saturated carbocycles. The third kappa shape index (κ3) is 6.28. The van der Waals surface area contributed by atoms with Gasteiger partial charge in [0.15, 0.2) is 0 Å². The van der Waals surface area contributed by atoms with Crippen LogP contribution in [0.25, 0.3) is 27.7 Å². The summed E-state index contributed by atoms with van der Waals surface area (Å²) in [7, 11) is 7.35. The Kier molecular flexibility index (Phi) is 9.18. The first-order chi connectivity index (χ1) is 22.6. The minimum Gasteiger partial charge on any atom is -0.495 e. The Morgan fingerprint density at radius 3 is 2.38 bits per heavy atom. The van der Waals surface area contributed by atoms with Crippen molar-refractivity contribution in [2.75, 3.05) is 56.9 Å². The van der Waals surface area contributed by atoms with Crippen molar-refractivity contribution in [3.63, 3.8) is 0 Å². The predicted octanol–water partition coefficient (Wildman–Crippen LogP) is 7.58. The van der Waals surface area contributed by atoms with Crippen LogP contribution in [0.15, 0.2) is 61.4 Å². The third-order valence-electron chi connectivity index (χ3n) is 8.65. The van der Waals surface area contributed by atoms with Crippen LogP contribution in [0.4, 0.5) is 22.9 Å². The number of aromatic nitrogens is 3. The molecule has 0 unspecified atom stereocenters. The number of piperidine rings is 1. The normalized spacial score (nSPS) is 13.7. The van der Waals surface area contributed by atoms with Gasteiger partial charge >= 0.3 is 0 Å². The van der Waals surface area contributed by atoms with Crippen LogP contribution in [0.3, 0.4) is 0 Å². The highest BCUT2D eigenvalue weighted by Gasteiger charge is 2.24. The fourth-order valence-corrected chi connectivity index (χ4v) is 6.85. The number of aryl methyl sites for hydroxylation is 1. The number of nitrogens with zero attached hydrogens (tertiary/aromatic N) is 5. The molecule has 3 aromatic heterocycles. The molecule has 0 spiro atoms.